The van der Waals surface area contributed by atoms with E-state index in [0.717, 1.165) is 5.75 Å². The molecule has 1 aliphatic heterocycles. The zero-order valence-electron chi connectivity index (χ0n) is 9.72. The first-order valence-electron chi connectivity index (χ1n) is 5.78. The minimum atomic E-state index is 0.0323. The van der Waals surface area contributed by atoms with Gasteiger partial charge in [-0.25, -0.2) is 0 Å². The summed E-state index contributed by atoms with van der Waals surface area (Å²) in [7, 11) is 0. The van der Waals surface area contributed by atoms with Crippen LogP contribution in [0.15, 0.2) is 35.7 Å². The van der Waals surface area contributed by atoms with E-state index in [0.29, 0.717) is 6.61 Å². The van der Waals surface area contributed by atoms with E-state index in [1.165, 1.54) is 16.0 Å². The number of ether oxygens (including phenoxy) is 1. The molecule has 2 aromatic rings. The fourth-order valence-corrected chi connectivity index (χ4v) is 3.20. The maximum Gasteiger partial charge on any atom is 0.122 e. The van der Waals surface area contributed by atoms with Gasteiger partial charge in [0.15, 0.2) is 0 Å². The van der Waals surface area contributed by atoms with Gasteiger partial charge in [0, 0.05) is 22.4 Å². The van der Waals surface area contributed by atoms with Crippen LogP contribution in [0.3, 0.4) is 0 Å². The summed E-state index contributed by atoms with van der Waals surface area (Å²) in [6, 6.07) is 10.4. The highest BCUT2D eigenvalue weighted by molar-refractivity contribution is 7.10. The number of benzene rings is 1. The van der Waals surface area contributed by atoms with Crippen molar-refractivity contribution in [2.24, 2.45) is 5.73 Å². The fourth-order valence-electron chi connectivity index (χ4n) is 2.44. The molecule has 1 aliphatic rings. The van der Waals surface area contributed by atoms with Gasteiger partial charge in [0.05, 0.1) is 6.61 Å². The van der Waals surface area contributed by atoms with E-state index >= 15 is 0 Å². The van der Waals surface area contributed by atoms with Gasteiger partial charge < -0.3 is 10.5 Å². The van der Waals surface area contributed by atoms with Gasteiger partial charge in [0.1, 0.15) is 5.75 Å². The van der Waals surface area contributed by atoms with Gasteiger partial charge in [-0.3, -0.25) is 0 Å². The van der Waals surface area contributed by atoms with E-state index in [9.17, 15) is 0 Å². The highest BCUT2D eigenvalue weighted by atomic mass is 32.1. The minimum absolute atomic E-state index is 0.0323. The highest BCUT2D eigenvalue weighted by Gasteiger charge is 2.30. The Morgan fingerprint density at radius 1 is 1.35 bits per heavy atom. The monoisotopic (exact) mass is 245 g/mol. The highest BCUT2D eigenvalue weighted by Crippen LogP contribution is 2.41. The van der Waals surface area contributed by atoms with Crippen LogP contribution in [0.5, 0.6) is 5.75 Å². The van der Waals surface area contributed by atoms with Crippen molar-refractivity contribution in [2.45, 2.75) is 18.9 Å². The standard InChI is InChI=1S/C14H15NOS/c1-9-10(6-7-17-9)14(15)12-8-16-13-5-3-2-4-11(12)13/h2-7,12,14H,8,15H2,1H3. The van der Waals surface area contributed by atoms with Crippen LogP contribution in [0.1, 0.15) is 28.0 Å². The quantitative estimate of drug-likeness (QED) is 0.881. The van der Waals surface area contributed by atoms with Crippen LogP contribution in [-0.4, -0.2) is 6.61 Å². The van der Waals surface area contributed by atoms with Crippen molar-refractivity contribution in [3.8, 4) is 5.75 Å². The Labute approximate surface area is 105 Å². The van der Waals surface area contributed by atoms with E-state index in [2.05, 4.69) is 24.4 Å². The molecule has 3 rings (SSSR count). The topological polar surface area (TPSA) is 35.2 Å². The number of nitrogens with two attached hydrogens (primary N) is 1. The second-order valence-corrected chi connectivity index (χ2v) is 5.53. The van der Waals surface area contributed by atoms with Crippen molar-refractivity contribution in [3.63, 3.8) is 0 Å². The average Bonchev–Trinajstić information content (AvgIpc) is 2.94. The zero-order chi connectivity index (χ0) is 11.8. The average molecular weight is 245 g/mol. The first-order chi connectivity index (χ1) is 8.27. The molecule has 1 aromatic carbocycles. The second kappa shape index (κ2) is 4.17. The van der Waals surface area contributed by atoms with Crippen LogP contribution in [0.4, 0.5) is 0 Å². The second-order valence-electron chi connectivity index (χ2n) is 4.41. The van der Waals surface area contributed by atoms with Crippen molar-refractivity contribution >= 4 is 11.3 Å². The molecule has 2 unspecified atom stereocenters. The van der Waals surface area contributed by atoms with E-state index in [4.69, 9.17) is 10.5 Å². The summed E-state index contributed by atoms with van der Waals surface area (Å²) in [5.74, 6) is 1.26. The Morgan fingerprint density at radius 2 is 2.18 bits per heavy atom. The van der Waals surface area contributed by atoms with Gasteiger partial charge in [-0.1, -0.05) is 18.2 Å². The van der Waals surface area contributed by atoms with Crippen molar-refractivity contribution in [3.05, 3.63) is 51.7 Å². The van der Waals surface area contributed by atoms with Crippen molar-refractivity contribution in [2.75, 3.05) is 6.61 Å². The van der Waals surface area contributed by atoms with E-state index in [1.807, 2.05) is 18.2 Å². The summed E-state index contributed by atoms with van der Waals surface area (Å²) in [5.41, 5.74) is 8.88. The van der Waals surface area contributed by atoms with Crippen molar-refractivity contribution < 1.29 is 4.74 Å². The molecule has 0 aliphatic carbocycles. The number of aryl methyl sites for hydroxylation is 1. The predicted octanol–water partition coefficient (Wildman–Crippen LogP) is 3.23. The number of hydrogen-bond donors (Lipinski definition) is 1. The Morgan fingerprint density at radius 3 is 2.94 bits per heavy atom. The molecular formula is C14H15NOS. The van der Waals surface area contributed by atoms with Crippen LogP contribution in [0.25, 0.3) is 0 Å². The predicted molar refractivity (Wildman–Crippen MR) is 70.7 cm³/mol. The van der Waals surface area contributed by atoms with E-state index in [-0.39, 0.29) is 12.0 Å². The largest absolute Gasteiger partial charge is 0.493 e. The van der Waals surface area contributed by atoms with Crippen LogP contribution in [0, 0.1) is 6.92 Å². The first-order valence-corrected chi connectivity index (χ1v) is 6.66. The molecule has 17 heavy (non-hydrogen) atoms. The molecule has 2 atom stereocenters. The number of thiophene rings is 1. The molecule has 0 saturated heterocycles. The molecule has 2 nitrogen and oxygen atoms in total. The molecule has 1 aromatic heterocycles. The van der Waals surface area contributed by atoms with Gasteiger partial charge >= 0.3 is 0 Å². The molecule has 0 fully saturated rings. The smallest absolute Gasteiger partial charge is 0.122 e. The molecular weight excluding hydrogens is 230 g/mol. The van der Waals surface area contributed by atoms with Gasteiger partial charge in [-0.05, 0) is 30.0 Å². The molecule has 0 amide bonds. The lowest BCUT2D eigenvalue weighted by molar-refractivity contribution is 0.315. The van der Waals surface area contributed by atoms with Crippen LogP contribution >= 0.6 is 11.3 Å². The van der Waals surface area contributed by atoms with E-state index < -0.39 is 0 Å². The molecule has 0 saturated carbocycles. The Bertz CT molecular complexity index is 535. The summed E-state index contributed by atoms with van der Waals surface area (Å²) in [4.78, 5) is 1.31. The minimum Gasteiger partial charge on any atom is -0.493 e. The summed E-state index contributed by atoms with van der Waals surface area (Å²) in [6.45, 7) is 2.82. The lowest BCUT2D eigenvalue weighted by Crippen LogP contribution is -2.21. The molecule has 2 heterocycles. The summed E-state index contributed by atoms with van der Waals surface area (Å²) in [6.07, 6.45) is 0. The molecule has 0 bridgehead atoms. The third-order valence-corrected chi connectivity index (χ3v) is 4.29. The van der Waals surface area contributed by atoms with E-state index in [1.54, 1.807) is 11.3 Å². The first kappa shape index (κ1) is 10.8. The molecule has 88 valence electrons. The SMILES string of the molecule is Cc1sccc1C(N)C1COc2ccccc21. The number of hydrogen-bond acceptors (Lipinski definition) is 3. The molecule has 3 heteroatoms. The molecule has 0 radical (unpaired) electrons. The maximum absolute atomic E-state index is 6.39. The number of fused-ring (bicyclic) bond motifs is 1. The Kier molecular flexibility index (Phi) is 2.65. The van der Waals surface area contributed by atoms with Crippen molar-refractivity contribution in [1.29, 1.82) is 0 Å². The van der Waals surface area contributed by atoms with Gasteiger partial charge in [0.25, 0.3) is 0 Å². The van der Waals surface area contributed by atoms with Gasteiger partial charge in [-0.2, -0.15) is 0 Å². The number of rotatable bonds is 2. The van der Waals surface area contributed by atoms with Crippen molar-refractivity contribution in [1.82, 2.24) is 0 Å². The number of para-hydroxylation sites is 1. The third kappa shape index (κ3) is 1.75. The maximum atomic E-state index is 6.39. The van der Waals surface area contributed by atoms with Crippen LogP contribution in [0.2, 0.25) is 0 Å². The third-order valence-electron chi connectivity index (χ3n) is 3.43. The summed E-state index contributed by atoms with van der Waals surface area (Å²) < 4.78 is 5.69. The molecule has 0 spiro atoms. The molecule has 2 N–H and O–H groups in total. The fraction of sp³-hybridized carbons (Fsp3) is 0.286. The lowest BCUT2D eigenvalue weighted by atomic mass is 9.89. The van der Waals surface area contributed by atoms with Gasteiger partial charge in [-0.15, -0.1) is 11.3 Å². The summed E-state index contributed by atoms with van der Waals surface area (Å²) >= 11 is 1.75. The zero-order valence-corrected chi connectivity index (χ0v) is 10.5. The van der Waals surface area contributed by atoms with Crippen LogP contribution < -0.4 is 10.5 Å². The van der Waals surface area contributed by atoms with Crippen LogP contribution in [-0.2, 0) is 0 Å². The summed E-state index contributed by atoms with van der Waals surface area (Å²) in [5, 5.41) is 2.10. The lowest BCUT2D eigenvalue weighted by Gasteiger charge is -2.18. The normalized spacial score (nSPS) is 19.8. The van der Waals surface area contributed by atoms with Gasteiger partial charge in [0.2, 0.25) is 0 Å². The Balaban J connectivity index is 1.95. The Hall–Kier alpha value is -1.32.